The maximum absolute atomic E-state index is 13.5. The lowest BCUT2D eigenvalue weighted by molar-refractivity contribution is -0.135. The van der Waals surface area contributed by atoms with Crippen molar-refractivity contribution < 1.29 is 28.5 Å². The molecule has 0 aliphatic carbocycles. The first-order valence-electron chi connectivity index (χ1n) is 13.0. The normalized spacial score (nSPS) is 16.9. The summed E-state index contributed by atoms with van der Waals surface area (Å²) in [7, 11) is 8.26. The largest absolute Gasteiger partial charge is 0.497 e. The summed E-state index contributed by atoms with van der Waals surface area (Å²) < 4.78 is 20.8. The van der Waals surface area contributed by atoms with Gasteiger partial charge in [-0.05, 0) is 54.7 Å². The second-order valence-electron chi connectivity index (χ2n) is 9.63. The van der Waals surface area contributed by atoms with E-state index in [0.717, 1.165) is 48.7 Å². The molecule has 0 aromatic heterocycles. The first kappa shape index (κ1) is 29.3. The second kappa shape index (κ2) is 13.5. The third kappa shape index (κ3) is 6.39. The zero-order valence-electron chi connectivity index (χ0n) is 23.5. The highest BCUT2D eigenvalue weighted by Crippen LogP contribution is 2.38. The van der Waals surface area contributed by atoms with Crippen molar-refractivity contribution in [1.82, 2.24) is 14.7 Å². The van der Waals surface area contributed by atoms with Gasteiger partial charge in [-0.15, -0.1) is 0 Å². The second-order valence-corrected chi connectivity index (χ2v) is 9.63. The van der Waals surface area contributed by atoms with Crippen molar-refractivity contribution in [3.05, 3.63) is 53.6 Å². The number of imide groups is 1. The number of carbonyl (C=O) groups excluding carboxylic acids is 2. The fraction of sp³-hybridized carbons (Fsp3) is 0.517. The lowest BCUT2D eigenvalue weighted by atomic mass is 9.86. The minimum Gasteiger partial charge on any atom is -0.497 e. The summed E-state index contributed by atoms with van der Waals surface area (Å²) in [5, 5.41) is 0. The summed E-state index contributed by atoms with van der Waals surface area (Å²) in [4.78, 5) is 31.9. The van der Waals surface area contributed by atoms with E-state index in [-0.39, 0.29) is 18.5 Å². The van der Waals surface area contributed by atoms with Gasteiger partial charge in [-0.3, -0.25) is 14.6 Å². The van der Waals surface area contributed by atoms with Crippen molar-refractivity contribution in [3.63, 3.8) is 0 Å². The van der Waals surface area contributed by atoms with E-state index < -0.39 is 5.54 Å². The molecule has 4 rings (SSSR count). The number of methoxy groups -OCH3 is 3. The van der Waals surface area contributed by atoms with E-state index in [1.54, 1.807) is 40.4 Å². The lowest BCUT2D eigenvalue weighted by Crippen LogP contribution is -2.55. The molecule has 2 aliphatic rings. The Kier molecular flexibility index (Phi) is 10.4. The molecule has 2 saturated heterocycles. The van der Waals surface area contributed by atoms with Crippen LogP contribution in [0.4, 0.5) is 4.79 Å². The Balaban J connectivity index is 0.00000127. The number of urea groups is 1. The van der Waals surface area contributed by atoms with E-state index in [2.05, 4.69) is 22.6 Å². The molecule has 0 unspecified atom stereocenters. The number of piperidine rings is 1. The van der Waals surface area contributed by atoms with Crippen molar-refractivity contribution in [2.45, 2.75) is 44.8 Å². The number of hydrogen-bond donors (Lipinski definition) is 0. The molecule has 9 heteroatoms. The van der Waals surface area contributed by atoms with Gasteiger partial charge in [0.2, 0.25) is 0 Å². The smallest absolute Gasteiger partial charge is 0.327 e. The molecule has 2 aliphatic heterocycles. The van der Waals surface area contributed by atoms with Gasteiger partial charge in [-0.2, -0.15) is 0 Å². The number of hydrogen-bond acceptors (Lipinski definition) is 7. The Morgan fingerprint density at radius 2 is 1.55 bits per heavy atom. The fourth-order valence-corrected chi connectivity index (χ4v) is 4.97. The highest BCUT2D eigenvalue weighted by molar-refractivity contribution is 6.06. The molecule has 1 spiro atoms. The molecule has 0 N–H and O–H groups in total. The standard InChI is InChI=1S/C27H35N3O5.C2H6O/c1-5-15-35-23-10-9-21(17-24(23)34-4)18-29-13-11-27(12-14-29)25(31)30(26(32)28(27)2)19-20-7-6-8-22(16-20)33-3;1-3-2/h6-10,16-17H,5,11-15,18-19H2,1-4H3;1-2H3. The summed E-state index contributed by atoms with van der Waals surface area (Å²) in [6.07, 6.45) is 2.15. The van der Waals surface area contributed by atoms with E-state index in [1.807, 2.05) is 36.4 Å². The topological polar surface area (TPSA) is 80.8 Å². The van der Waals surface area contributed by atoms with Crippen LogP contribution in [0.15, 0.2) is 42.5 Å². The Hall–Kier alpha value is -3.30. The Labute approximate surface area is 226 Å². The maximum Gasteiger partial charge on any atom is 0.327 e. The van der Waals surface area contributed by atoms with Crippen LogP contribution in [0.1, 0.15) is 37.3 Å². The van der Waals surface area contributed by atoms with E-state index in [9.17, 15) is 9.59 Å². The molecule has 0 saturated carbocycles. The number of benzene rings is 2. The van der Waals surface area contributed by atoms with Gasteiger partial charge in [0.05, 0.1) is 27.4 Å². The highest BCUT2D eigenvalue weighted by Gasteiger charge is 2.56. The molecule has 2 fully saturated rings. The molecule has 0 bridgehead atoms. The molecule has 208 valence electrons. The van der Waals surface area contributed by atoms with Crippen LogP contribution in [0.3, 0.4) is 0 Å². The van der Waals surface area contributed by atoms with Crippen LogP contribution in [0, 0.1) is 0 Å². The van der Waals surface area contributed by atoms with Gasteiger partial charge in [0, 0.05) is 40.9 Å². The lowest BCUT2D eigenvalue weighted by Gasteiger charge is -2.40. The third-order valence-electron chi connectivity index (χ3n) is 7.06. The zero-order valence-corrected chi connectivity index (χ0v) is 23.5. The van der Waals surface area contributed by atoms with Gasteiger partial charge in [0.15, 0.2) is 11.5 Å². The van der Waals surface area contributed by atoms with Crippen molar-refractivity contribution in [3.8, 4) is 17.2 Å². The van der Waals surface area contributed by atoms with E-state index >= 15 is 0 Å². The van der Waals surface area contributed by atoms with Crippen LogP contribution < -0.4 is 14.2 Å². The average Bonchev–Trinajstić information content (AvgIpc) is 3.10. The van der Waals surface area contributed by atoms with Crippen LogP contribution in [-0.2, 0) is 22.6 Å². The summed E-state index contributed by atoms with van der Waals surface area (Å²) >= 11 is 0. The average molecular weight is 528 g/mol. The minimum absolute atomic E-state index is 0.105. The monoisotopic (exact) mass is 527 g/mol. The molecule has 9 nitrogen and oxygen atoms in total. The molecular formula is C29H41N3O6. The number of rotatable bonds is 9. The number of ether oxygens (including phenoxy) is 4. The van der Waals surface area contributed by atoms with Crippen LogP contribution in [0.25, 0.3) is 0 Å². The summed E-state index contributed by atoms with van der Waals surface area (Å²) in [5.41, 5.74) is 1.22. The molecule has 0 radical (unpaired) electrons. The molecule has 38 heavy (non-hydrogen) atoms. The number of likely N-dealkylation sites (tertiary alicyclic amines) is 1. The van der Waals surface area contributed by atoms with Gasteiger partial charge in [-0.25, -0.2) is 4.79 Å². The SMILES string of the molecule is CCCOc1ccc(CN2CCC3(CC2)C(=O)N(Cc2cccc(OC)c2)C(=O)N3C)cc1OC.COC. The summed E-state index contributed by atoms with van der Waals surface area (Å²) in [6, 6.07) is 13.3. The van der Waals surface area contributed by atoms with Gasteiger partial charge >= 0.3 is 6.03 Å². The maximum atomic E-state index is 13.5. The predicted molar refractivity (Wildman–Crippen MR) is 146 cm³/mol. The number of amides is 3. The van der Waals surface area contributed by atoms with Gasteiger partial charge in [0.25, 0.3) is 5.91 Å². The molecule has 2 aromatic rings. The number of nitrogens with zero attached hydrogens (tertiary/aromatic N) is 3. The fourth-order valence-electron chi connectivity index (χ4n) is 4.97. The third-order valence-corrected chi connectivity index (χ3v) is 7.06. The van der Waals surface area contributed by atoms with Gasteiger partial charge in [-0.1, -0.05) is 25.1 Å². The van der Waals surface area contributed by atoms with Crippen LogP contribution in [0.5, 0.6) is 17.2 Å². The zero-order chi connectivity index (χ0) is 27.7. The number of carbonyl (C=O) groups is 2. The molecular weight excluding hydrogens is 486 g/mol. The van der Waals surface area contributed by atoms with Crippen molar-refractivity contribution in [1.29, 1.82) is 0 Å². The molecule has 0 atom stereocenters. The van der Waals surface area contributed by atoms with E-state index in [0.29, 0.717) is 25.2 Å². The van der Waals surface area contributed by atoms with Crippen molar-refractivity contribution in [2.75, 3.05) is 55.2 Å². The first-order valence-corrected chi connectivity index (χ1v) is 13.0. The Morgan fingerprint density at radius 3 is 2.18 bits per heavy atom. The van der Waals surface area contributed by atoms with Crippen LogP contribution >= 0.6 is 0 Å². The molecule has 2 aromatic carbocycles. The molecule has 2 heterocycles. The highest BCUT2D eigenvalue weighted by atomic mass is 16.5. The predicted octanol–water partition coefficient (Wildman–Crippen LogP) is 4.18. The first-order chi connectivity index (χ1) is 18.3. The van der Waals surface area contributed by atoms with Gasteiger partial charge < -0.3 is 23.8 Å². The Bertz CT molecular complexity index is 1080. The van der Waals surface area contributed by atoms with Crippen molar-refractivity contribution >= 4 is 11.9 Å². The molecule has 3 amide bonds. The summed E-state index contributed by atoms with van der Waals surface area (Å²) in [5.74, 6) is 2.09. The van der Waals surface area contributed by atoms with Crippen LogP contribution in [-0.4, -0.2) is 87.4 Å². The van der Waals surface area contributed by atoms with Crippen LogP contribution in [0.2, 0.25) is 0 Å². The van der Waals surface area contributed by atoms with E-state index in [1.165, 1.54) is 4.90 Å². The van der Waals surface area contributed by atoms with Crippen molar-refractivity contribution in [2.24, 2.45) is 0 Å². The quantitative estimate of drug-likeness (QED) is 0.453. The number of likely N-dealkylation sites (N-methyl/N-ethyl adjacent to an activating group) is 1. The summed E-state index contributed by atoms with van der Waals surface area (Å²) in [6.45, 7) is 5.18. The van der Waals surface area contributed by atoms with Gasteiger partial charge in [0.1, 0.15) is 11.3 Å². The Morgan fingerprint density at radius 1 is 0.868 bits per heavy atom. The van der Waals surface area contributed by atoms with E-state index in [4.69, 9.17) is 14.2 Å². The minimum atomic E-state index is -0.776.